The molecule has 0 amide bonds. The molecule has 1 aromatic rings. The van der Waals surface area contributed by atoms with Crippen LogP contribution in [0.25, 0.3) is 0 Å². The zero-order valence-corrected chi connectivity index (χ0v) is 9.20. The summed E-state index contributed by atoms with van der Waals surface area (Å²) in [6.45, 7) is 3.04. The lowest BCUT2D eigenvalue weighted by atomic mass is 10.2. The van der Waals surface area contributed by atoms with Gasteiger partial charge in [0.2, 0.25) is 0 Å². The van der Waals surface area contributed by atoms with E-state index in [0.717, 1.165) is 18.8 Å². The van der Waals surface area contributed by atoms with Crippen molar-refractivity contribution >= 4 is 0 Å². The third kappa shape index (κ3) is 4.30. The molecular weight excluding hydrogens is 176 g/mol. The summed E-state index contributed by atoms with van der Waals surface area (Å²) in [6.07, 6.45) is 10.0. The molecule has 0 saturated heterocycles. The quantitative estimate of drug-likeness (QED) is 0.627. The fraction of sp³-hybridized carbons (Fsp3) is 0.727. The largest absolute Gasteiger partial charge is 0.490 e. The van der Waals surface area contributed by atoms with Gasteiger partial charge in [0.05, 0.1) is 19.0 Å². The minimum Gasteiger partial charge on any atom is -0.490 e. The molecule has 0 unspecified atom stereocenters. The van der Waals surface area contributed by atoms with E-state index in [4.69, 9.17) is 4.74 Å². The number of rotatable bonds is 7. The molecule has 0 radical (unpaired) electrons. The van der Waals surface area contributed by atoms with Gasteiger partial charge in [-0.3, -0.25) is 4.68 Å². The van der Waals surface area contributed by atoms with E-state index in [1.807, 2.05) is 13.2 Å². The summed E-state index contributed by atoms with van der Waals surface area (Å²) < 4.78 is 7.28. The Kier molecular flexibility index (Phi) is 5.12. The highest BCUT2D eigenvalue weighted by Crippen LogP contribution is 2.08. The maximum atomic E-state index is 5.52. The standard InChI is InChI=1S/C11H20N2O/c1-3-4-5-6-7-8-14-11-9-12-13(2)10-11/h9-10H,3-8H2,1-2H3. The van der Waals surface area contributed by atoms with Crippen LogP contribution in [0.2, 0.25) is 0 Å². The molecule has 0 bridgehead atoms. The molecule has 3 heteroatoms. The minimum atomic E-state index is 0.815. The summed E-state index contributed by atoms with van der Waals surface area (Å²) in [6, 6.07) is 0. The van der Waals surface area contributed by atoms with Gasteiger partial charge in [-0.15, -0.1) is 0 Å². The van der Waals surface area contributed by atoms with Crippen LogP contribution in [0.5, 0.6) is 5.75 Å². The zero-order valence-electron chi connectivity index (χ0n) is 9.20. The molecule has 0 N–H and O–H groups in total. The fourth-order valence-electron chi connectivity index (χ4n) is 1.37. The molecule has 1 rings (SSSR count). The lowest BCUT2D eigenvalue weighted by Crippen LogP contribution is -1.96. The second-order valence-electron chi connectivity index (χ2n) is 3.61. The minimum absolute atomic E-state index is 0.815. The summed E-state index contributed by atoms with van der Waals surface area (Å²) in [5.41, 5.74) is 0. The molecule has 0 fully saturated rings. The van der Waals surface area contributed by atoms with Crippen LogP contribution < -0.4 is 4.74 Å². The van der Waals surface area contributed by atoms with Crippen molar-refractivity contribution in [1.82, 2.24) is 9.78 Å². The van der Waals surface area contributed by atoms with E-state index in [9.17, 15) is 0 Å². The number of unbranched alkanes of at least 4 members (excludes halogenated alkanes) is 4. The maximum absolute atomic E-state index is 5.52. The molecule has 0 aliphatic rings. The lowest BCUT2D eigenvalue weighted by Gasteiger charge is -2.02. The van der Waals surface area contributed by atoms with Crippen LogP contribution in [0.4, 0.5) is 0 Å². The Labute approximate surface area is 86.1 Å². The molecule has 0 aromatic carbocycles. The monoisotopic (exact) mass is 196 g/mol. The lowest BCUT2D eigenvalue weighted by molar-refractivity contribution is 0.304. The Morgan fingerprint density at radius 2 is 2.07 bits per heavy atom. The summed E-state index contributed by atoms with van der Waals surface area (Å²) >= 11 is 0. The SMILES string of the molecule is CCCCCCCOc1cnn(C)c1. The van der Waals surface area contributed by atoms with Gasteiger partial charge in [-0.05, 0) is 6.42 Å². The van der Waals surface area contributed by atoms with E-state index in [1.165, 1.54) is 25.7 Å². The third-order valence-corrected chi connectivity index (χ3v) is 2.20. The molecule has 1 aromatic heterocycles. The van der Waals surface area contributed by atoms with E-state index in [2.05, 4.69) is 12.0 Å². The number of aryl methyl sites for hydroxylation is 1. The van der Waals surface area contributed by atoms with Crippen molar-refractivity contribution in [3.05, 3.63) is 12.4 Å². The van der Waals surface area contributed by atoms with Crippen molar-refractivity contribution in [1.29, 1.82) is 0 Å². The highest BCUT2D eigenvalue weighted by atomic mass is 16.5. The van der Waals surface area contributed by atoms with Crippen LogP contribution in [0.1, 0.15) is 39.0 Å². The third-order valence-electron chi connectivity index (χ3n) is 2.20. The first kappa shape index (κ1) is 11.1. The van der Waals surface area contributed by atoms with Crippen LogP contribution in [-0.4, -0.2) is 16.4 Å². The van der Waals surface area contributed by atoms with Gasteiger partial charge in [0.1, 0.15) is 0 Å². The van der Waals surface area contributed by atoms with Crippen LogP contribution in [0, 0.1) is 0 Å². The van der Waals surface area contributed by atoms with Crippen molar-refractivity contribution in [3.8, 4) is 5.75 Å². The van der Waals surface area contributed by atoms with Gasteiger partial charge in [0, 0.05) is 7.05 Å². The number of ether oxygens (including phenoxy) is 1. The topological polar surface area (TPSA) is 27.1 Å². The van der Waals surface area contributed by atoms with Crippen LogP contribution in [0.15, 0.2) is 12.4 Å². The Hall–Kier alpha value is -0.990. The van der Waals surface area contributed by atoms with Gasteiger partial charge in [-0.25, -0.2) is 0 Å². The predicted molar refractivity (Wildman–Crippen MR) is 57.5 cm³/mol. The molecule has 3 nitrogen and oxygen atoms in total. The first-order valence-electron chi connectivity index (χ1n) is 5.44. The predicted octanol–water partition coefficient (Wildman–Crippen LogP) is 2.77. The van der Waals surface area contributed by atoms with Gasteiger partial charge >= 0.3 is 0 Å². The molecule has 80 valence electrons. The smallest absolute Gasteiger partial charge is 0.157 e. The van der Waals surface area contributed by atoms with Crippen LogP contribution in [-0.2, 0) is 7.05 Å². The number of nitrogens with zero attached hydrogens (tertiary/aromatic N) is 2. The summed E-state index contributed by atoms with van der Waals surface area (Å²) in [7, 11) is 1.90. The molecule has 0 atom stereocenters. The van der Waals surface area contributed by atoms with Crippen molar-refractivity contribution < 1.29 is 4.74 Å². The van der Waals surface area contributed by atoms with Crippen molar-refractivity contribution in [2.24, 2.45) is 7.05 Å². The first-order valence-corrected chi connectivity index (χ1v) is 5.44. The van der Waals surface area contributed by atoms with E-state index in [-0.39, 0.29) is 0 Å². The number of hydrogen-bond donors (Lipinski definition) is 0. The average Bonchev–Trinajstić information content (AvgIpc) is 2.58. The Morgan fingerprint density at radius 1 is 1.29 bits per heavy atom. The van der Waals surface area contributed by atoms with E-state index in [1.54, 1.807) is 10.9 Å². The van der Waals surface area contributed by atoms with Crippen molar-refractivity contribution in [2.75, 3.05) is 6.61 Å². The first-order chi connectivity index (χ1) is 6.83. The molecule has 14 heavy (non-hydrogen) atoms. The molecule has 0 spiro atoms. The van der Waals surface area contributed by atoms with Crippen LogP contribution >= 0.6 is 0 Å². The summed E-state index contributed by atoms with van der Waals surface area (Å²) in [5.74, 6) is 0.878. The van der Waals surface area contributed by atoms with E-state index >= 15 is 0 Å². The van der Waals surface area contributed by atoms with E-state index in [0.29, 0.717) is 0 Å². The Morgan fingerprint density at radius 3 is 2.71 bits per heavy atom. The van der Waals surface area contributed by atoms with Gasteiger partial charge in [0.15, 0.2) is 5.75 Å². The Bertz CT molecular complexity index is 245. The maximum Gasteiger partial charge on any atom is 0.157 e. The van der Waals surface area contributed by atoms with Crippen molar-refractivity contribution in [3.63, 3.8) is 0 Å². The molecule has 1 heterocycles. The van der Waals surface area contributed by atoms with Gasteiger partial charge < -0.3 is 4.74 Å². The summed E-state index contributed by atoms with van der Waals surface area (Å²) in [5, 5.41) is 4.04. The van der Waals surface area contributed by atoms with Crippen LogP contribution in [0.3, 0.4) is 0 Å². The van der Waals surface area contributed by atoms with Gasteiger partial charge in [-0.1, -0.05) is 32.6 Å². The van der Waals surface area contributed by atoms with Gasteiger partial charge in [0.25, 0.3) is 0 Å². The molecular formula is C11H20N2O. The average molecular weight is 196 g/mol. The number of hydrogen-bond acceptors (Lipinski definition) is 2. The van der Waals surface area contributed by atoms with Crippen molar-refractivity contribution in [2.45, 2.75) is 39.0 Å². The Balaban J connectivity index is 1.99. The second kappa shape index (κ2) is 6.46. The highest BCUT2D eigenvalue weighted by Gasteiger charge is 1.95. The molecule has 0 aliphatic heterocycles. The van der Waals surface area contributed by atoms with E-state index < -0.39 is 0 Å². The molecule has 0 aliphatic carbocycles. The number of aromatic nitrogens is 2. The second-order valence-corrected chi connectivity index (χ2v) is 3.61. The zero-order chi connectivity index (χ0) is 10.2. The summed E-state index contributed by atoms with van der Waals surface area (Å²) in [4.78, 5) is 0. The molecule has 0 saturated carbocycles. The normalized spacial score (nSPS) is 10.4. The van der Waals surface area contributed by atoms with Gasteiger partial charge in [-0.2, -0.15) is 5.10 Å². The highest BCUT2D eigenvalue weighted by molar-refractivity contribution is 5.10. The fourth-order valence-corrected chi connectivity index (χ4v) is 1.37.